The third-order valence-electron chi connectivity index (χ3n) is 5.19. The van der Waals surface area contributed by atoms with E-state index in [0.29, 0.717) is 29.5 Å². The first-order chi connectivity index (χ1) is 15.6. The molecule has 1 aromatic heterocycles. The number of nitrogens with zero attached hydrogens (tertiary/aromatic N) is 3. The van der Waals surface area contributed by atoms with Crippen molar-refractivity contribution in [2.24, 2.45) is 0 Å². The zero-order valence-electron chi connectivity index (χ0n) is 19.2. The number of rotatable bonds is 10. The van der Waals surface area contributed by atoms with Crippen LogP contribution in [0.2, 0.25) is 0 Å². The molecule has 0 unspecified atom stereocenters. The third-order valence-corrected chi connectivity index (χ3v) is 8.22. The molecule has 0 fully saturated rings. The molecule has 0 spiro atoms. The second-order valence-corrected chi connectivity index (χ2v) is 11.1. The molecule has 0 saturated heterocycles. The van der Waals surface area contributed by atoms with Gasteiger partial charge in [-0.2, -0.15) is 0 Å². The van der Waals surface area contributed by atoms with Crippen LogP contribution in [-0.4, -0.2) is 64.3 Å². The lowest BCUT2D eigenvalue weighted by Crippen LogP contribution is -2.36. The van der Waals surface area contributed by atoms with Gasteiger partial charge in [-0.05, 0) is 63.3 Å². The van der Waals surface area contributed by atoms with Crippen LogP contribution in [-0.2, 0) is 14.6 Å². The van der Waals surface area contributed by atoms with E-state index in [2.05, 4.69) is 4.98 Å². The van der Waals surface area contributed by atoms with E-state index in [4.69, 9.17) is 4.74 Å². The van der Waals surface area contributed by atoms with Crippen LogP contribution < -0.4 is 9.64 Å². The number of carbonyl (C=O) groups excluding carboxylic acids is 1. The fourth-order valence-corrected chi connectivity index (χ4v) is 5.72. The lowest BCUT2D eigenvalue weighted by molar-refractivity contribution is -0.118. The van der Waals surface area contributed by atoms with Crippen LogP contribution in [0.3, 0.4) is 0 Å². The molecule has 0 atom stereocenters. The van der Waals surface area contributed by atoms with Gasteiger partial charge in [-0.25, -0.2) is 17.8 Å². The number of hydrogen-bond donors (Lipinski definition) is 0. The van der Waals surface area contributed by atoms with Gasteiger partial charge in [-0.15, -0.1) is 0 Å². The van der Waals surface area contributed by atoms with Crippen molar-refractivity contribution in [1.82, 2.24) is 9.88 Å². The largest absolute Gasteiger partial charge is 0.494 e. The average Bonchev–Trinajstić information content (AvgIpc) is 3.20. The molecule has 0 bridgehead atoms. The van der Waals surface area contributed by atoms with Crippen LogP contribution in [0.4, 0.5) is 9.52 Å². The molecule has 0 radical (unpaired) electrons. The minimum atomic E-state index is -3.60. The molecule has 1 amide bonds. The van der Waals surface area contributed by atoms with E-state index in [9.17, 15) is 17.6 Å². The van der Waals surface area contributed by atoms with Crippen LogP contribution in [0.25, 0.3) is 10.2 Å². The summed E-state index contributed by atoms with van der Waals surface area (Å²) in [7, 11) is 1.82. The number of anilines is 1. The Bertz CT molecular complexity index is 1220. The fourth-order valence-electron chi connectivity index (χ4n) is 3.31. The van der Waals surface area contributed by atoms with Crippen LogP contribution in [0.15, 0.2) is 41.3 Å². The minimum absolute atomic E-state index is 0.0505. The molecule has 3 rings (SSSR count). The van der Waals surface area contributed by atoms with Crippen LogP contribution in [0.1, 0.15) is 18.4 Å². The van der Waals surface area contributed by atoms with Crippen LogP contribution in [0.5, 0.6) is 5.75 Å². The smallest absolute Gasteiger partial charge is 0.228 e. The molecule has 0 saturated carbocycles. The van der Waals surface area contributed by atoms with Crippen molar-refractivity contribution in [3.05, 3.63) is 47.8 Å². The molecular weight excluding hydrogens is 465 g/mol. The number of sulfone groups is 1. The zero-order valence-corrected chi connectivity index (χ0v) is 20.8. The first kappa shape index (κ1) is 25.1. The van der Waals surface area contributed by atoms with Crippen LogP contribution >= 0.6 is 11.3 Å². The van der Waals surface area contributed by atoms with Crippen molar-refractivity contribution < 1.29 is 22.3 Å². The molecule has 2 aromatic carbocycles. The number of halogens is 1. The summed E-state index contributed by atoms with van der Waals surface area (Å²) >= 11 is 1.42. The van der Waals surface area contributed by atoms with E-state index < -0.39 is 15.7 Å². The lowest BCUT2D eigenvalue weighted by atomic mass is 10.2. The van der Waals surface area contributed by atoms with Crippen molar-refractivity contribution >= 4 is 42.4 Å². The number of aromatic nitrogens is 1. The zero-order chi connectivity index (χ0) is 24.2. The van der Waals surface area contributed by atoms with Gasteiger partial charge in [0, 0.05) is 19.5 Å². The normalized spacial score (nSPS) is 11.8. The molecule has 0 aliphatic rings. The van der Waals surface area contributed by atoms with E-state index in [1.165, 1.54) is 23.5 Å². The molecule has 0 aliphatic carbocycles. The average molecular weight is 494 g/mol. The number of thiazole rings is 1. The maximum absolute atomic E-state index is 13.1. The highest BCUT2D eigenvalue weighted by molar-refractivity contribution is 7.91. The summed E-state index contributed by atoms with van der Waals surface area (Å²) in [6.07, 6.45) is 0.212. The summed E-state index contributed by atoms with van der Waals surface area (Å²) in [5, 5.41) is 0.561. The number of aryl methyl sites for hydroxylation is 1. The standard InChI is InChI=1S/C23H28FN3O4S2/c1-16-7-12-19(31-4)21-22(16)32-23(25-21)27(14-13-26(2)3)20(28)6-5-15-33(29,30)18-10-8-17(24)9-11-18/h7-12H,5-6,13-15H2,1-4H3. The molecule has 0 N–H and O–H groups in total. The number of carbonyl (C=O) groups is 1. The third kappa shape index (κ3) is 6.07. The number of amides is 1. The van der Waals surface area contributed by atoms with E-state index in [0.717, 1.165) is 22.4 Å². The summed E-state index contributed by atoms with van der Waals surface area (Å²) < 4.78 is 44.5. The van der Waals surface area contributed by atoms with Gasteiger partial charge in [0.05, 0.1) is 22.5 Å². The van der Waals surface area contributed by atoms with E-state index in [1.807, 2.05) is 38.1 Å². The van der Waals surface area contributed by atoms with Crippen LogP contribution in [0, 0.1) is 12.7 Å². The second-order valence-electron chi connectivity index (χ2n) is 7.98. The summed E-state index contributed by atoms with van der Waals surface area (Å²) in [5.41, 5.74) is 1.75. The number of fused-ring (bicyclic) bond motifs is 1. The topological polar surface area (TPSA) is 79.8 Å². The first-order valence-electron chi connectivity index (χ1n) is 10.5. The molecule has 7 nitrogen and oxygen atoms in total. The van der Waals surface area contributed by atoms with Crippen molar-refractivity contribution in [3.63, 3.8) is 0 Å². The molecule has 0 aliphatic heterocycles. The summed E-state index contributed by atoms with van der Waals surface area (Å²) in [6, 6.07) is 8.52. The lowest BCUT2D eigenvalue weighted by Gasteiger charge is -2.22. The Kier molecular flexibility index (Phi) is 8.04. The monoisotopic (exact) mass is 493 g/mol. The van der Waals surface area contributed by atoms with Crippen molar-refractivity contribution in [3.8, 4) is 5.75 Å². The SMILES string of the molecule is COc1ccc(C)c2sc(N(CCN(C)C)C(=O)CCCS(=O)(=O)c3ccc(F)cc3)nc12. The second kappa shape index (κ2) is 10.6. The Morgan fingerprint density at radius 1 is 1.12 bits per heavy atom. The molecule has 3 aromatic rings. The predicted molar refractivity (Wildman–Crippen MR) is 130 cm³/mol. The molecule has 10 heteroatoms. The van der Waals surface area contributed by atoms with Gasteiger partial charge >= 0.3 is 0 Å². The van der Waals surface area contributed by atoms with E-state index >= 15 is 0 Å². The summed E-state index contributed by atoms with van der Waals surface area (Å²) in [5.74, 6) is -0.243. The van der Waals surface area contributed by atoms with Crippen molar-refractivity contribution in [2.75, 3.05) is 44.9 Å². The molecule has 33 heavy (non-hydrogen) atoms. The maximum Gasteiger partial charge on any atom is 0.228 e. The quantitative estimate of drug-likeness (QED) is 0.399. The maximum atomic E-state index is 13.1. The number of likely N-dealkylation sites (N-methyl/N-ethyl adjacent to an activating group) is 1. The first-order valence-corrected chi connectivity index (χ1v) is 13.0. The van der Waals surface area contributed by atoms with Gasteiger partial charge in [0.1, 0.15) is 17.1 Å². The van der Waals surface area contributed by atoms with Gasteiger partial charge in [0.25, 0.3) is 0 Å². The van der Waals surface area contributed by atoms with E-state index in [1.54, 1.807) is 12.0 Å². The Balaban J connectivity index is 1.78. The van der Waals surface area contributed by atoms with Crippen molar-refractivity contribution in [2.45, 2.75) is 24.7 Å². The highest BCUT2D eigenvalue weighted by Crippen LogP contribution is 2.36. The van der Waals surface area contributed by atoms with Gasteiger partial charge in [0.2, 0.25) is 5.91 Å². The van der Waals surface area contributed by atoms with E-state index in [-0.39, 0.29) is 29.4 Å². The summed E-state index contributed by atoms with van der Waals surface area (Å²) in [6.45, 7) is 3.04. The molecule has 1 heterocycles. The highest BCUT2D eigenvalue weighted by atomic mass is 32.2. The fraction of sp³-hybridized carbons (Fsp3) is 0.391. The Morgan fingerprint density at radius 2 is 1.82 bits per heavy atom. The van der Waals surface area contributed by atoms with Gasteiger partial charge in [-0.1, -0.05) is 17.4 Å². The number of benzene rings is 2. The molecular formula is C23H28FN3O4S2. The number of methoxy groups -OCH3 is 1. The van der Waals surface area contributed by atoms with Gasteiger partial charge in [-0.3, -0.25) is 9.69 Å². The summed E-state index contributed by atoms with van der Waals surface area (Å²) in [4.78, 5) is 21.5. The predicted octanol–water partition coefficient (Wildman–Crippen LogP) is 3.90. The Hall–Kier alpha value is -2.56. The van der Waals surface area contributed by atoms with Gasteiger partial charge in [0.15, 0.2) is 15.0 Å². The molecule has 178 valence electrons. The minimum Gasteiger partial charge on any atom is -0.494 e. The number of hydrogen-bond acceptors (Lipinski definition) is 7. The number of ether oxygens (including phenoxy) is 1. The highest BCUT2D eigenvalue weighted by Gasteiger charge is 2.23. The Morgan fingerprint density at radius 3 is 2.45 bits per heavy atom. The van der Waals surface area contributed by atoms with Crippen molar-refractivity contribution in [1.29, 1.82) is 0 Å². The Labute approximate surface area is 197 Å². The van der Waals surface area contributed by atoms with Gasteiger partial charge < -0.3 is 9.64 Å².